The van der Waals surface area contributed by atoms with E-state index in [0.29, 0.717) is 18.0 Å². The largest absolute Gasteiger partial charge is 0.477 e. The Morgan fingerprint density at radius 1 is 1.53 bits per heavy atom. The van der Waals surface area contributed by atoms with Crippen LogP contribution in [0.3, 0.4) is 0 Å². The third-order valence-corrected chi connectivity index (χ3v) is 3.45. The second kappa shape index (κ2) is 5.11. The molecule has 2 rings (SSSR count). The van der Waals surface area contributed by atoms with Gasteiger partial charge in [-0.1, -0.05) is 0 Å². The Kier molecular flexibility index (Phi) is 3.55. The molecule has 0 bridgehead atoms. The summed E-state index contributed by atoms with van der Waals surface area (Å²) in [6, 6.07) is 3.46. The van der Waals surface area contributed by atoms with Crippen LogP contribution in [0.1, 0.15) is 20.4 Å². The minimum absolute atomic E-state index is 0.374. The topological polar surface area (TPSA) is 67.2 Å². The van der Waals surface area contributed by atoms with Gasteiger partial charge in [0.25, 0.3) is 0 Å². The Bertz CT molecular complexity index is 518. The molecule has 2 N–H and O–H groups in total. The van der Waals surface area contributed by atoms with Crippen molar-refractivity contribution in [2.45, 2.75) is 13.1 Å². The molecule has 0 aliphatic rings. The molecule has 0 aromatic carbocycles. The van der Waals surface area contributed by atoms with Gasteiger partial charge in [0.2, 0.25) is 0 Å². The van der Waals surface area contributed by atoms with Crippen LogP contribution in [0, 0.1) is 0 Å². The standard InChI is InChI=1S/C11H13N3O2S/c1-14-5-4-13-10(14)7-12-6-8-2-3-9(17-8)11(15)16/h2-5,12H,6-7H2,1H3,(H,15,16). The molecule has 0 atom stereocenters. The van der Waals surface area contributed by atoms with Gasteiger partial charge < -0.3 is 15.0 Å². The summed E-state index contributed by atoms with van der Waals surface area (Å²) in [5, 5.41) is 12.0. The summed E-state index contributed by atoms with van der Waals surface area (Å²) in [6.07, 6.45) is 3.65. The highest BCUT2D eigenvalue weighted by Gasteiger charge is 2.06. The molecule has 2 heterocycles. The Morgan fingerprint density at radius 2 is 2.35 bits per heavy atom. The van der Waals surface area contributed by atoms with Crippen LogP contribution >= 0.6 is 11.3 Å². The first-order chi connectivity index (χ1) is 8.16. The molecule has 2 aromatic heterocycles. The number of rotatable bonds is 5. The summed E-state index contributed by atoms with van der Waals surface area (Å²) in [4.78, 5) is 16.3. The number of carbonyl (C=O) groups is 1. The lowest BCUT2D eigenvalue weighted by molar-refractivity contribution is 0.0702. The first-order valence-electron chi connectivity index (χ1n) is 5.16. The second-order valence-electron chi connectivity index (χ2n) is 3.63. The molecule has 0 unspecified atom stereocenters. The Hall–Kier alpha value is -1.66. The zero-order valence-electron chi connectivity index (χ0n) is 9.38. The lowest BCUT2D eigenvalue weighted by atomic mass is 10.4. The van der Waals surface area contributed by atoms with Crippen molar-refractivity contribution in [1.82, 2.24) is 14.9 Å². The van der Waals surface area contributed by atoms with Gasteiger partial charge in [-0.25, -0.2) is 9.78 Å². The summed E-state index contributed by atoms with van der Waals surface area (Å²) in [6.45, 7) is 1.33. The van der Waals surface area contributed by atoms with E-state index in [4.69, 9.17) is 5.11 Å². The van der Waals surface area contributed by atoms with Gasteiger partial charge in [0, 0.05) is 30.9 Å². The van der Waals surface area contributed by atoms with Crippen molar-refractivity contribution in [3.05, 3.63) is 40.1 Å². The average molecular weight is 251 g/mol. The SMILES string of the molecule is Cn1ccnc1CNCc1ccc(C(=O)O)s1. The van der Waals surface area contributed by atoms with E-state index in [2.05, 4.69) is 10.3 Å². The number of hydrogen-bond acceptors (Lipinski definition) is 4. The van der Waals surface area contributed by atoms with E-state index in [1.54, 1.807) is 12.3 Å². The van der Waals surface area contributed by atoms with Crippen LogP contribution in [0.15, 0.2) is 24.5 Å². The van der Waals surface area contributed by atoms with Crippen molar-refractivity contribution >= 4 is 17.3 Å². The highest BCUT2D eigenvalue weighted by molar-refractivity contribution is 7.13. The lowest BCUT2D eigenvalue weighted by Gasteiger charge is -2.02. The molecule has 90 valence electrons. The van der Waals surface area contributed by atoms with Gasteiger partial charge in [-0.3, -0.25) is 0 Å². The Labute approximate surface area is 103 Å². The van der Waals surface area contributed by atoms with Gasteiger partial charge in [-0.2, -0.15) is 0 Å². The lowest BCUT2D eigenvalue weighted by Crippen LogP contribution is -2.14. The van der Waals surface area contributed by atoms with Gasteiger partial charge in [0.15, 0.2) is 0 Å². The van der Waals surface area contributed by atoms with E-state index in [0.717, 1.165) is 10.7 Å². The summed E-state index contributed by atoms with van der Waals surface area (Å²) in [7, 11) is 1.94. The quantitative estimate of drug-likeness (QED) is 0.844. The maximum absolute atomic E-state index is 10.7. The Morgan fingerprint density at radius 3 is 2.94 bits per heavy atom. The summed E-state index contributed by atoms with van der Waals surface area (Å²) < 4.78 is 1.95. The molecule has 5 nitrogen and oxygen atoms in total. The predicted octanol–water partition coefficient (Wildman–Crippen LogP) is 1.47. The van der Waals surface area contributed by atoms with Gasteiger partial charge in [0.1, 0.15) is 10.7 Å². The van der Waals surface area contributed by atoms with Crippen molar-refractivity contribution in [3.63, 3.8) is 0 Å². The van der Waals surface area contributed by atoms with E-state index >= 15 is 0 Å². The molecule has 0 aliphatic carbocycles. The molecule has 0 saturated carbocycles. The van der Waals surface area contributed by atoms with Crippen molar-refractivity contribution < 1.29 is 9.90 Å². The summed E-state index contributed by atoms with van der Waals surface area (Å²) in [5.41, 5.74) is 0. The molecular weight excluding hydrogens is 238 g/mol. The molecule has 0 aliphatic heterocycles. The molecule has 6 heteroatoms. The maximum Gasteiger partial charge on any atom is 0.345 e. The monoisotopic (exact) mass is 251 g/mol. The van der Waals surface area contributed by atoms with Crippen molar-refractivity contribution in [2.24, 2.45) is 7.05 Å². The first-order valence-corrected chi connectivity index (χ1v) is 5.97. The van der Waals surface area contributed by atoms with Gasteiger partial charge in [-0.15, -0.1) is 11.3 Å². The molecular formula is C11H13N3O2S. The number of hydrogen-bond donors (Lipinski definition) is 2. The third-order valence-electron chi connectivity index (χ3n) is 2.38. The predicted molar refractivity (Wildman–Crippen MR) is 65.0 cm³/mol. The van der Waals surface area contributed by atoms with Crippen molar-refractivity contribution in [3.8, 4) is 0 Å². The van der Waals surface area contributed by atoms with Crippen LogP contribution in [0.4, 0.5) is 0 Å². The fraction of sp³-hybridized carbons (Fsp3) is 0.273. The number of nitrogens with one attached hydrogen (secondary N) is 1. The molecule has 0 radical (unpaired) electrons. The maximum atomic E-state index is 10.7. The first kappa shape index (κ1) is 11.8. The number of carboxylic acids is 1. The molecule has 0 spiro atoms. The zero-order valence-corrected chi connectivity index (χ0v) is 10.2. The van der Waals surface area contributed by atoms with Gasteiger partial charge in [-0.05, 0) is 12.1 Å². The fourth-order valence-corrected chi connectivity index (χ4v) is 2.27. The highest BCUT2D eigenvalue weighted by atomic mass is 32.1. The Balaban J connectivity index is 1.86. The third kappa shape index (κ3) is 2.92. The smallest absolute Gasteiger partial charge is 0.345 e. The van der Waals surface area contributed by atoms with E-state index in [-0.39, 0.29) is 0 Å². The average Bonchev–Trinajstić information content (AvgIpc) is 2.89. The summed E-state index contributed by atoms with van der Waals surface area (Å²) in [5.74, 6) is 0.0883. The zero-order chi connectivity index (χ0) is 12.3. The van der Waals surface area contributed by atoms with E-state index in [1.165, 1.54) is 11.3 Å². The van der Waals surface area contributed by atoms with Crippen molar-refractivity contribution in [2.75, 3.05) is 0 Å². The van der Waals surface area contributed by atoms with Gasteiger partial charge >= 0.3 is 5.97 Å². The minimum atomic E-state index is -0.870. The molecule has 0 amide bonds. The van der Waals surface area contributed by atoms with Crippen LogP contribution in [0.25, 0.3) is 0 Å². The van der Waals surface area contributed by atoms with Crippen LogP contribution < -0.4 is 5.32 Å². The van der Waals surface area contributed by atoms with Crippen LogP contribution in [-0.4, -0.2) is 20.6 Å². The van der Waals surface area contributed by atoms with E-state index < -0.39 is 5.97 Å². The molecule has 0 fully saturated rings. The minimum Gasteiger partial charge on any atom is -0.477 e. The van der Waals surface area contributed by atoms with Crippen molar-refractivity contribution in [1.29, 1.82) is 0 Å². The van der Waals surface area contributed by atoms with Crippen LogP contribution in [0.2, 0.25) is 0 Å². The molecule has 0 saturated heterocycles. The number of thiophene rings is 1. The highest BCUT2D eigenvalue weighted by Crippen LogP contribution is 2.16. The molecule has 2 aromatic rings. The fourth-order valence-electron chi connectivity index (χ4n) is 1.45. The number of aromatic nitrogens is 2. The number of aromatic carboxylic acids is 1. The second-order valence-corrected chi connectivity index (χ2v) is 4.80. The molecule has 17 heavy (non-hydrogen) atoms. The number of carboxylic acid groups (broad SMARTS) is 1. The number of imidazole rings is 1. The summed E-state index contributed by atoms with van der Waals surface area (Å²) >= 11 is 1.29. The number of aryl methyl sites for hydroxylation is 1. The van der Waals surface area contributed by atoms with Gasteiger partial charge in [0.05, 0.1) is 6.54 Å². The number of nitrogens with zero attached hydrogens (tertiary/aromatic N) is 2. The van der Waals surface area contributed by atoms with Crippen LogP contribution in [-0.2, 0) is 20.1 Å². The normalized spacial score (nSPS) is 10.6. The van der Waals surface area contributed by atoms with E-state index in [9.17, 15) is 4.79 Å². The van der Waals surface area contributed by atoms with E-state index in [1.807, 2.05) is 23.9 Å². The van der Waals surface area contributed by atoms with Crippen LogP contribution in [0.5, 0.6) is 0 Å².